The Kier molecular flexibility index (Phi) is 4.07. The van der Waals surface area contributed by atoms with Crippen LogP contribution in [-0.4, -0.2) is 20.6 Å². The van der Waals surface area contributed by atoms with Crippen LogP contribution in [0.15, 0.2) is 0 Å². The third-order valence-electron chi connectivity index (χ3n) is 4.10. The van der Waals surface area contributed by atoms with Crippen LogP contribution in [-0.2, 0) is 19.9 Å². The molecular weight excluding hydrogens is 330 g/mol. The van der Waals surface area contributed by atoms with Crippen LogP contribution in [0.3, 0.4) is 0 Å². The van der Waals surface area contributed by atoms with Crippen molar-refractivity contribution < 1.29 is 9.72 Å². The fraction of sp³-hybridized carbons (Fsp3) is 0.400. The molecule has 1 amide bonds. The zero-order valence-corrected chi connectivity index (χ0v) is 14.1. The number of nitriles is 1. The van der Waals surface area contributed by atoms with Gasteiger partial charge in [-0.05, 0) is 38.2 Å². The molecule has 0 saturated heterocycles. The number of aryl methyl sites for hydroxylation is 3. The lowest BCUT2D eigenvalue weighted by Crippen LogP contribution is -2.17. The average molecular weight is 345 g/mol. The molecule has 1 aliphatic carbocycles. The number of carbonyl (C=O) groups excluding carboxylic acids is 1. The highest BCUT2D eigenvalue weighted by Crippen LogP contribution is 2.38. The number of hydrogen-bond donors (Lipinski definition) is 1. The lowest BCUT2D eigenvalue weighted by Gasteiger charge is -2.09. The second-order valence-corrected chi connectivity index (χ2v) is 6.75. The summed E-state index contributed by atoms with van der Waals surface area (Å²) in [6.45, 7) is 1.49. The van der Waals surface area contributed by atoms with Gasteiger partial charge in [0, 0.05) is 11.9 Å². The van der Waals surface area contributed by atoms with Crippen LogP contribution in [0.5, 0.6) is 0 Å². The average Bonchev–Trinajstić information content (AvgIpc) is 3.03. The first-order valence-electron chi connectivity index (χ1n) is 7.48. The number of nitro groups is 1. The highest BCUT2D eigenvalue weighted by atomic mass is 32.1. The number of nitrogens with zero attached hydrogens (tertiary/aromatic N) is 4. The number of thiophene rings is 1. The molecule has 0 fully saturated rings. The summed E-state index contributed by atoms with van der Waals surface area (Å²) in [5.74, 6) is -0.625. The third kappa shape index (κ3) is 2.55. The molecular formula is C15H15N5O3S. The van der Waals surface area contributed by atoms with Crippen LogP contribution in [0.1, 0.15) is 45.0 Å². The van der Waals surface area contributed by atoms with Gasteiger partial charge in [-0.1, -0.05) is 0 Å². The minimum Gasteiger partial charge on any atom is -0.311 e. The number of hydrogen-bond acceptors (Lipinski definition) is 6. The Balaban J connectivity index is 1.99. The lowest BCUT2D eigenvalue weighted by molar-refractivity contribution is -0.385. The molecule has 0 radical (unpaired) electrons. The van der Waals surface area contributed by atoms with Crippen molar-refractivity contribution in [2.45, 2.75) is 32.6 Å². The standard InChI is InChI=1S/C15H15N5O3S/c1-8-12(20(22)23)13(19(2)18-8)14(21)17-15-10(7-16)9-5-3-4-6-11(9)24-15/h3-6H2,1-2H3,(H,17,21). The van der Waals surface area contributed by atoms with Crippen LogP contribution >= 0.6 is 11.3 Å². The zero-order chi connectivity index (χ0) is 17.4. The maximum Gasteiger partial charge on any atom is 0.322 e. The van der Waals surface area contributed by atoms with Gasteiger partial charge in [0.15, 0.2) is 0 Å². The molecule has 0 bridgehead atoms. The molecule has 2 aromatic rings. The molecule has 124 valence electrons. The van der Waals surface area contributed by atoms with Crippen molar-refractivity contribution in [3.63, 3.8) is 0 Å². The monoisotopic (exact) mass is 345 g/mol. The Morgan fingerprint density at radius 2 is 2.17 bits per heavy atom. The number of fused-ring (bicyclic) bond motifs is 1. The smallest absolute Gasteiger partial charge is 0.311 e. The van der Waals surface area contributed by atoms with Crippen LogP contribution in [0.4, 0.5) is 10.7 Å². The van der Waals surface area contributed by atoms with Crippen LogP contribution in [0.25, 0.3) is 0 Å². The second-order valence-electron chi connectivity index (χ2n) is 5.64. The van der Waals surface area contributed by atoms with Crippen molar-refractivity contribution in [1.82, 2.24) is 9.78 Å². The van der Waals surface area contributed by atoms with E-state index in [1.54, 1.807) is 0 Å². The molecule has 0 unspecified atom stereocenters. The first-order valence-corrected chi connectivity index (χ1v) is 8.29. The van der Waals surface area contributed by atoms with Gasteiger partial charge in [0.2, 0.25) is 5.69 Å². The van der Waals surface area contributed by atoms with E-state index in [2.05, 4.69) is 16.5 Å². The van der Waals surface area contributed by atoms with E-state index in [0.29, 0.717) is 10.6 Å². The van der Waals surface area contributed by atoms with Crippen LogP contribution in [0, 0.1) is 28.4 Å². The normalized spacial score (nSPS) is 13.2. The summed E-state index contributed by atoms with van der Waals surface area (Å²) in [6, 6.07) is 2.16. The van der Waals surface area contributed by atoms with E-state index < -0.39 is 10.8 Å². The van der Waals surface area contributed by atoms with E-state index in [1.165, 1.54) is 30.0 Å². The van der Waals surface area contributed by atoms with E-state index in [9.17, 15) is 20.2 Å². The van der Waals surface area contributed by atoms with Crippen molar-refractivity contribution in [3.05, 3.63) is 37.5 Å². The molecule has 24 heavy (non-hydrogen) atoms. The van der Waals surface area contributed by atoms with Gasteiger partial charge < -0.3 is 5.32 Å². The molecule has 3 rings (SSSR count). The lowest BCUT2D eigenvalue weighted by atomic mass is 9.96. The number of nitrogens with one attached hydrogen (secondary N) is 1. The number of aromatic nitrogens is 2. The molecule has 2 heterocycles. The fourth-order valence-electron chi connectivity index (χ4n) is 3.05. The van der Waals surface area contributed by atoms with Crippen molar-refractivity contribution in [2.75, 3.05) is 5.32 Å². The van der Waals surface area contributed by atoms with Gasteiger partial charge in [-0.25, -0.2) is 0 Å². The molecule has 2 aromatic heterocycles. The molecule has 1 aliphatic rings. The van der Waals surface area contributed by atoms with Gasteiger partial charge in [-0.2, -0.15) is 10.4 Å². The van der Waals surface area contributed by atoms with E-state index in [-0.39, 0.29) is 17.1 Å². The molecule has 0 spiro atoms. The molecule has 8 nitrogen and oxygen atoms in total. The maximum atomic E-state index is 12.6. The Labute approximate surface area is 141 Å². The number of anilines is 1. The topological polar surface area (TPSA) is 114 Å². The summed E-state index contributed by atoms with van der Waals surface area (Å²) in [5.41, 5.74) is 1.23. The minimum absolute atomic E-state index is 0.118. The van der Waals surface area contributed by atoms with E-state index >= 15 is 0 Å². The zero-order valence-electron chi connectivity index (χ0n) is 13.3. The SMILES string of the molecule is Cc1nn(C)c(C(=O)Nc2sc3c(c2C#N)CCCC3)c1[N+](=O)[O-]. The minimum atomic E-state index is -0.625. The summed E-state index contributed by atoms with van der Waals surface area (Å²) in [7, 11) is 1.49. The van der Waals surface area contributed by atoms with E-state index in [1.807, 2.05) is 0 Å². The molecule has 9 heteroatoms. The highest BCUT2D eigenvalue weighted by Gasteiger charge is 2.30. The Morgan fingerprint density at radius 3 is 2.83 bits per heavy atom. The largest absolute Gasteiger partial charge is 0.322 e. The van der Waals surface area contributed by atoms with Gasteiger partial charge in [0.05, 0.1) is 10.5 Å². The van der Waals surface area contributed by atoms with Gasteiger partial charge in [0.25, 0.3) is 5.91 Å². The van der Waals surface area contributed by atoms with Gasteiger partial charge in [-0.3, -0.25) is 19.6 Å². The number of carbonyl (C=O) groups is 1. The maximum absolute atomic E-state index is 12.6. The summed E-state index contributed by atoms with van der Waals surface area (Å²) < 4.78 is 1.20. The quantitative estimate of drug-likeness (QED) is 0.678. The molecule has 0 saturated carbocycles. The van der Waals surface area contributed by atoms with E-state index in [0.717, 1.165) is 36.1 Å². The van der Waals surface area contributed by atoms with Crippen molar-refractivity contribution in [1.29, 1.82) is 5.26 Å². The number of rotatable bonds is 3. The molecule has 0 aliphatic heterocycles. The van der Waals surface area contributed by atoms with E-state index in [4.69, 9.17) is 0 Å². The molecule has 1 N–H and O–H groups in total. The molecule has 0 atom stereocenters. The summed E-state index contributed by atoms with van der Waals surface area (Å²) in [4.78, 5) is 24.3. The van der Waals surface area contributed by atoms with Gasteiger partial charge in [-0.15, -0.1) is 11.3 Å². The van der Waals surface area contributed by atoms with Crippen LogP contribution in [0.2, 0.25) is 0 Å². The first kappa shape index (κ1) is 16.1. The highest BCUT2D eigenvalue weighted by molar-refractivity contribution is 7.16. The predicted octanol–water partition coefficient (Wildman–Crippen LogP) is 2.70. The first-order chi connectivity index (χ1) is 11.4. The summed E-state index contributed by atoms with van der Waals surface area (Å²) in [5, 5.41) is 27.7. The Bertz CT molecular complexity index is 890. The Morgan fingerprint density at radius 1 is 1.46 bits per heavy atom. The van der Waals surface area contributed by atoms with Crippen molar-refractivity contribution in [2.24, 2.45) is 7.05 Å². The van der Waals surface area contributed by atoms with Crippen LogP contribution < -0.4 is 5.32 Å². The predicted molar refractivity (Wildman–Crippen MR) is 88.2 cm³/mol. The Hall–Kier alpha value is -2.73. The molecule has 0 aromatic carbocycles. The summed E-state index contributed by atoms with van der Waals surface area (Å²) in [6.07, 6.45) is 3.82. The number of amides is 1. The summed E-state index contributed by atoms with van der Waals surface area (Å²) >= 11 is 1.38. The van der Waals surface area contributed by atoms with Crippen molar-refractivity contribution >= 4 is 27.9 Å². The fourth-order valence-corrected chi connectivity index (χ4v) is 4.29. The van der Waals surface area contributed by atoms with Gasteiger partial charge in [0.1, 0.15) is 16.8 Å². The van der Waals surface area contributed by atoms with Crippen molar-refractivity contribution in [3.8, 4) is 6.07 Å². The van der Waals surface area contributed by atoms with Gasteiger partial charge >= 0.3 is 5.69 Å². The third-order valence-corrected chi connectivity index (χ3v) is 5.31. The second kappa shape index (κ2) is 6.05.